The van der Waals surface area contributed by atoms with Crippen LogP contribution in [0.2, 0.25) is 0 Å². The Morgan fingerprint density at radius 2 is 1.88 bits per heavy atom. The highest BCUT2D eigenvalue weighted by Gasteiger charge is 2.17. The number of likely N-dealkylation sites (N-methyl/N-ethyl adjacent to an activating group) is 1. The predicted octanol–water partition coefficient (Wildman–Crippen LogP) is 4.18. The van der Waals surface area contributed by atoms with Crippen molar-refractivity contribution in [1.29, 1.82) is 0 Å². The van der Waals surface area contributed by atoms with Gasteiger partial charge < -0.3 is 25.2 Å². The van der Waals surface area contributed by atoms with Crippen LogP contribution in [0.15, 0.2) is 48.5 Å². The van der Waals surface area contributed by atoms with Crippen LogP contribution in [0.4, 0.5) is 11.5 Å². The van der Waals surface area contributed by atoms with Gasteiger partial charge in [0, 0.05) is 49.4 Å². The van der Waals surface area contributed by atoms with Gasteiger partial charge in [0.25, 0.3) is 0 Å². The Kier molecular flexibility index (Phi) is 7.07. The third-order valence-corrected chi connectivity index (χ3v) is 6.28. The van der Waals surface area contributed by atoms with Crippen molar-refractivity contribution < 1.29 is 4.74 Å². The van der Waals surface area contributed by atoms with E-state index in [4.69, 9.17) is 21.9 Å². The third kappa shape index (κ3) is 5.11. The van der Waals surface area contributed by atoms with Crippen molar-refractivity contribution in [2.75, 3.05) is 50.1 Å². The van der Waals surface area contributed by atoms with Crippen molar-refractivity contribution in [1.82, 2.24) is 15.2 Å². The molecule has 0 saturated carbocycles. The summed E-state index contributed by atoms with van der Waals surface area (Å²) in [5, 5.41) is 8.27. The summed E-state index contributed by atoms with van der Waals surface area (Å²) in [5.74, 6) is 1.92. The van der Waals surface area contributed by atoms with Gasteiger partial charge in [-0.15, -0.1) is 0 Å². The Bertz CT molecular complexity index is 1090. The molecule has 2 N–H and O–H groups in total. The summed E-state index contributed by atoms with van der Waals surface area (Å²) in [4.78, 5) is 9.81. The minimum absolute atomic E-state index is 0.575. The first-order valence-electron chi connectivity index (χ1n) is 11.1. The number of fused-ring (bicyclic) bond motifs is 1. The van der Waals surface area contributed by atoms with Gasteiger partial charge in [-0.05, 0) is 61.6 Å². The van der Waals surface area contributed by atoms with Crippen LogP contribution < -0.4 is 20.3 Å². The van der Waals surface area contributed by atoms with Crippen molar-refractivity contribution in [2.45, 2.75) is 20.4 Å². The zero-order chi connectivity index (χ0) is 22.5. The number of piperazine rings is 1. The zero-order valence-electron chi connectivity index (χ0n) is 19.0. The monoisotopic (exact) mass is 449 g/mol. The molecule has 3 aromatic rings. The summed E-state index contributed by atoms with van der Waals surface area (Å²) in [6, 6.07) is 16.3. The molecule has 0 bridgehead atoms. The molecule has 0 unspecified atom stereocenters. The number of thiocarbonyl (C=S) groups is 1. The van der Waals surface area contributed by atoms with E-state index in [1.165, 1.54) is 5.56 Å². The molecule has 0 spiro atoms. The first-order chi connectivity index (χ1) is 15.6. The molecule has 0 radical (unpaired) electrons. The fourth-order valence-corrected chi connectivity index (χ4v) is 4.30. The molecule has 2 aromatic carbocycles. The van der Waals surface area contributed by atoms with Crippen LogP contribution >= 0.6 is 12.2 Å². The van der Waals surface area contributed by atoms with Crippen molar-refractivity contribution in [3.05, 3.63) is 59.7 Å². The average Bonchev–Trinajstić information content (AvgIpc) is 2.83. The molecule has 1 aliphatic rings. The molecule has 1 fully saturated rings. The summed E-state index contributed by atoms with van der Waals surface area (Å²) < 4.78 is 5.41. The highest BCUT2D eigenvalue weighted by Crippen LogP contribution is 2.26. The topological polar surface area (TPSA) is 52.7 Å². The number of methoxy groups -OCH3 is 1. The van der Waals surface area contributed by atoms with Gasteiger partial charge in [0.15, 0.2) is 5.11 Å². The van der Waals surface area contributed by atoms with Crippen LogP contribution in [-0.4, -0.2) is 54.8 Å². The van der Waals surface area contributed by atoms with Gasteiger partial charge in [-0.25, -0.2) is 4.98 Å². The largest absolute Gasteiger partial charge is 0.496 e. The van der Waals surface area contributed by atoms with E-state index in [1.54, 1.807) is 7.11 Å². The van der Waals surface area contributed by atoms with Crippen molar-refractivity contribution >= 4 is 39.7 Å². The Morgan fingerprint density at radius 3 is 2.62 bits per heavy atom. The first-order valence-corrected chi connectivity index (χ1v) is 11.5. The lowest BCUT2D eigenvalue weighted by molar-refractivity contribution is 0.270. The highest BCUT2D eigenvalue weighted by molar-refractivity contribution is 7.80. The second kappa shape index (κ2) is 10.1. The quantitative estimate of drug-likeness (QED) is 0.548. The van der Waals surface area contributed by atoms with E-state index in [0.29, 0.717) is 11.7 Å². The van der Waals surface area contributed by atoms with Crippen LogP contribution in [0, 0.1) is 6.92 Å². The molecule has 168 valence electrons. The SMILES string of the molecule is CCN1CCN(c2cc(C)c3cc(NC(=S)NCc4ccccc4OC)ccc3n2)CC1. The van der Waals surface area contributed by atoms with E-state index in [0.717, 1.165) is 66.4 Å². The number of anilines is 2. The minimum Gasteiger partial charge on any atom is -0.496 e. The summed E-state index contributed by atoms with van der Waals surface area (Å²) in [5.41, 5.74) is 4.24. The average molecular weight is 450 g/mol. The minimum atomic E-state index is 0.575. The number of para-hydroxylation sites is 1. The number of aromatic nitrogens is 1. The zero-order valence-corrected chi connectivity index (χ0v) is 19.8. The number of ether oxygens (including phenoxy) is 1. The Hall–Kier alpha value is -2.90. The lowest BCUT2D eigenvalue weighted by atomic mass is 10.1. The Balaban J connectivity index is 1.43. The highest BCUT2D eigenvalue weighted by atomic mass is 32.1. The number of hydrogen-bond acceptors (Lipinski definition) is 5. The van der Waals surface area contributed by atoms with Gasteiger partial charge in [0.1, 0.15) is 11.6 Å². The number of benzene rings is 2. The Labute approximate surface area is 195 Å². The molecular weight excluding hydrogens is 418 g/mol. The maximum Gasteiger partial charge on any atom is 0.171 e. The fraction of sp³-hybridized carbons (Fsp3) is 0.360. The van der Waals surface area contributed by atoms with E-state index in [9.17, 15) is 0 Å². The summed E-state index contributed by atoms with van der Waals surface area (Å²) >= 11 is 5.51. The number of pyridine rings is 1. The second-order valence-corrected chi connectivity index (χ2v) is 8.48. The summed E-state index contributed by atoms with van der Waals surface area (Å²) in [7, 11) is 1.68. The maximum absolute atomic E-state index is 5.51. The molecule has 1 saturated heterocycles. The van der Waals surface area contributed by atoms with Gasteiger partial charge in [-0.2, -0.15) is 0 Å². The van der Waals surface area contributed by atoms with Gasteiger partial charge in [0.2, 0.25) is 0 Å². The van der Waals surface area contributed by atoms with Crippen molar-refractivity contribution in [3.8, 4) is 5.75 Å². The molecule has 4 rings (SSSR count). The van der Waals surface area contributed by atoms with Crippen LogP contribution in [0.5, 0.6) is 5.75 Å². The van der Waals surface area contributed by atoms with E-state index in [2.05, 4.69) is 52.5 Å². The molecule has 6 nitrogen and oxygen atoms in total. The maximum atomic E-state index is 5.51. The van der Waals surface area contributed by atoms with Crippen LogP contribution in [0.3, 0.4) is 0 Å². The molecular formula is C25H31N5OS. The predicted molar refractivity (Wildman–Crippen MR) is 137 cm³/mol. The standard InChI is InChI=1S/C25H31N5OS/c1-4-29-11-13-30(14-12-29)24-15-18(2)21-16-20(9-10-22(21)28-24)27-25(32)26-17-19-7-5-6-8-23(19)31-3/h5-10,15-16H,4,11-14,17H2,1-3H3,(H2,26,27,32). The van der Waals surface area contributed by atoms with Crippen molar-refractivity contribution in [2.24, 2.45) is 0 Å². The number of rotatable bonds is 6. The first kappa shape index (κ1) is 22.3. The molecule has 1 aliphatic heterocycles. The van der Waals surface area contributed by atoms with Crippen molar-refractivity contribution in [3.63, 3.8) is 0 Å². The van der Waals surface area contributed by atoms with E-state index >= 15 is 0 Å². The summed E-state index contributed by atoms with van der Waals surface area (Å²) in [6.45, 7) is 10.3. The smallest absolute Gasteiger partial charge is 0.171 e. The van der Waals surface area contributed by atoms with E-state index < -0.39 is 0 Å². The van der Waals surface area contributed by atoms with Crippen LogP contribution in [0.25, 0.3) is 10.9 Å². The third-order valence-electron chi connectivity index (χ3n) is 6.04. The Morgan fingerprint density at radius 1 is 1.09 bits per heavy atom. The summed E-state index contributed by atoms with van der Waals surface area (Å²) in [6.07, 6.45) is 0. The van der Waals surface area contributed by atoms with Gasteiger partial charge in [-0.1, -0.05) is 25.1 Å². The molecule has 1 aromatic heterocycles. The number of nitrogens with one attached hydrogen (secondary N) is 2. The second-order valence-electron chi connectivity index (χ2n) is 8.07. The number of aryl methyl sites for hydroxylation is 1. The van der Waals surface area contributed by atoms with Gasteiger partial charge in [0.05, 0.1) is 12.6 Å². The lowest BCUT2D eigenvalue weighted by Gasteiger charge is -2.35. The molecule has 2 heterocycles. The van der Waals surface area contributed by atoms with E-state index in [1.807, 2.05) is 30.3 Å². The molecule has 32 heavy (non-hydrogen) atoms. The molecule has 0 aliphatic carbocycles. The normalized spacial score (nSPS) is 14.4. The molecule has 7 heteroatoms. The van der Waals surface area contributed by atoms with E-state index in [-0.39, 0.29) is 0 Å². The fourth-order valence-electron chi connectivity index (χ4n) is 4.11. The molecule has 0 atom stereocenters. The lowest BCUT2D eigenvalue weighted by Crippen LogP contribution is -2.46. The number of nitrogens with zero attached hydrogens (tertiary/aromatic N) is 3. The number of hydrogen-bond donors (Lipinski definition) is 2. The van der Waals surface area contributed by atoms with Gasteiger partial charge >= 0.3 is 0 Å². The van der Waals surface area contributed by atoms with Crippen LogP contribution in [0.1, 0.15) is 18.1 Å². The molecule has 0 amide bonds. The van der Waals surface area contributed by atoms with Crippen LogP contribution in [-0.2, 0) is 6.54 Å². The van der Waals surface area contributed by atoms with Gasteiger partial charge in [-0.3, -0.25) is 0 Å².